The number of nitrogens with zero attached hydrogens (tertiary/aromatic N) is 1. The van der Waals surface area contributed by atoms with E-state index in [0.717, 1.165) is 22.2 Å². The second-order valence-corrected chi connectivity index (χ2v) is 9.36. The van der Waals surface area contributed by atoms with E-state index in [9.17, 15) is 19.2 Å². The zero-order chi connectivity index (χ0) is 24.8. The standard InChI is InChI=1S/C23H22IN3O6S/c1-3-32-17-9-14(10-18-22(30)27(11-19(25)28)23(31)34-18)8-16(24)21(17)33-12-20(29)26-15-6-4-5-13(2)7-15/h4-10H,3,11-12H2,1-2H3,(H2,25,28)(H,26,29)/b18-10-. The zero-order valence-electron chi connectivity index (χ0n) is 18.4. The molecule has 1 saturated heterocycles. The molecule has 0 aromatic heterocycles. The maximum absolute atomic E-state index is 12.5. The van der Waals surface area contributed by atoms with Gasteiger partial charge in [0.25, 0.3) is 17.1 Å². The van der Waals surface area contributed by atoms with Crippen LogP contribution in [0.5, 0.6) is 11.5 Å². The highest BCUT2D eigenvalue weighted by Gasteiger charge is 2.35. The molecule has 4 amide bonds. The highest BCUT2D eigenvalue weighted by atomic mass is 127. The number of nitrogens with one attached hydrogen (secondary N) is 1. The highest BCUT2D eigenvalue weighted by Crippen LogP contribution is 2.37. The van der Waals surface area contributed by atoms with Gasteiger partial charge < -0.3 is 20.5 Å². The Morgan fingerprint density at radius 3 is 2.65 bits per heavy atom. The number of carbonyl (C=O) groups is 4. The summed E-state index contributed by atoms with van der Waals surface area (Å²) in [6.07, 6.45) is 1.53. The minimum atomic E-state index is -0.773. The van der Waals surface area contributed by atoms with Crippen LogP contribution in [0.2, 0.25) is 0 Å². The van der Waals surface area contributed by atoms with Crippen LogP contribution in [0, 0.1) is 10.5 Å². The smallest absolute Gasteiger partial charge is 0.294 e. The molecule has 1 aliphatic heterocycles. The van der Waals surface area contributed by atoms with Crippen molar-refractivity contribution in [1.29, 1.82) is 0 Å². The Kier molecular flexibility index (Phi) is 8.56. The van der Waals surface area contributed by atoms with Gasteiger partial charge in [0, 0.05) is 5.69 Å². The average molecular weight is 595 g/mol. The van der Waals surface area contributed by atoms with Crippen LogP contribution in [0.15, 0.2) is 41.3 Å². The normalized spacial score (nSPS) is 14.4. The third-order valence-corrected chi connectivity index (χ3v) is 6.18. The molecule has 11 heteroatoms. The molecular formula is C23H22IN3O6S. The lowest BCUT2D eigenvalue weighted by atomic mass is 10.2. The number of rotatable bonds is 9. The molecule has 3 N–H and O–H groups in total. The van der Waals surface area contributed by atoms with E-state index in [1.165, 1.54) is 6.08 Å². The SMILES string of the molecule is CCOc1cc(/C=C2\SC(=O)N(CC(N)=O)C2=O)cc(I)c1OCC(=O)Nc1cccc(C)c1. The number of benzene rings is 2. The van der Waals surface area contributed by atoms with E-state index >= 15 is 0 Å². The van der Waals surface area contributed by atoms with E-state index in [-0.39, 0.29) is 17.4 Å². The van der Waals surface area contributed by atoms with E-state index < -0.39 is 23.6 Å². The summed E-state index contributed by atoms with van der Waals surface area (Å²) in [6, 6.07) is 10.8. The molecule has 0 spiro atoms. The molecule has 0 saturated carbocycles. The molecule has 2 aromatic rings. The molecule has 0 aliphatic carbocycles. The molecule has 2 aromatic carbocycles. The number of amides is 4. The lowest BCUT2D eigenvalue weighted by Gasteiger charge is -2.15. The van der Waals surface area contributed by atoms with Gasteiger partial charge in [-0.25, -0.2) is 0 Å². The molecule has 1 fully saturated rings. The fourth-order valence-corrected chi connectivity index (χ4v) is 4.69. The summed E-state index contributed by atoms with van der Waals surface area (Å²) >= 11 is 2.77. The Labute approximate surface area is 214 Å². The van der Waals surface area contributed by atoms with Crippen molar-refractivity contribution < 1.29 is 28.7 Å². The first-order chi connectivity index (χ1) is 16.2. The number of ether oxygens (including phenoxy) is 2. The molecule has 1 aliphatic rings. The molecule has 0 radical (unpaired) electrons. The van der Waals surface area contributed by atoms with E-state index in [1.54, 1.807) is 18.2 Å². The number of imide groups is 1. The summed E-state index contributed by atoms with van der Waals surface area (Å²) in [4.78, 5) is 49.0. The van der Waals surface area contributed by atoms with Crippen LogP contribution in [0.25, 0.3) is 6.08 Å². The van der Waals surface area contributed by atoms with Crippen molar-refractivity contribution in [2.45, 2.75) is 13.8 Å². The second-order valence-electron chi connectivity index (χ2n) is 7.20. The van der Waals surface area contributed by atoms with Gasteiger partial charge in [-0.05, 0) is 89.7 Å². The van der Waals surface area contributed by atoms with Gasteiger partial charge >= 0.3 is 0 Å². The minimum Gasteiger partial charge on any atom is -0.490 e. The summed E-state index contributed by atoms with van der Waals surface area (Å²) in [5.74, 6) is -0.906. The maximum atomic E-state index is 12.5. The number of nitrogens with two attached hydrogens (primary N) is 1. The van der Waals surface area contributed by atoms with Gasteiger partial charge in [0.05, 0.1) is 15.1 Å². The number of primary amides is 1. The number of aryl methyl sites for hydroxylation is 1. The summed E-state index contributed by atoms with van der Waals surface area (Å²) < 4.78 is 12.1. The number of anilines is 1. The quantitative estimate of drug-likeness (QED) is 0.335. The summed E-state index contributed by atoms with van der Waals surface area (Å²) in [5.41, 5.74) is 7.40. The van der Waals surface area contributed by atoms with Gasteiger partial charge in [-0.2, -0.15) is 0 Å². The average Bonchev–Trinajstić information content (AvgIpc) is 3.00. The summed E-state index contributed by atoms with van der Waals surface area (Å²) in [6.45, 7) is 3.39. The van der Waals surface area contributed by atoms with Gasteiger partial charge in [-0.3, -0.25) is 24.1 Å². The lowest BCUT2D eigenvalue weighted by Crippen LogP contribution is -2.36. The molecule has 1 heterocycles. The fraction of sp³-hybridized carbons (Fsp3) is 0.217. The molecular weight excluding hydrogens is 573 g/mol. The maximum Gasteiger partial charge on any atom is 0.294 e. The molecule has 3 rings (SSSR count). The summed E-state index contributed by atoms with van der Waals surface area (Å²) in [5, 5.41) is 2.22. The van der Waals surface area contributed by atoms with Gasteiger partial charge in [0.1, 0.15) is 6.54 Å². The number of hydrogen-bond donors (Lipinski definition) is 2. The molecule has 9 nitrogen and oxygen atoms in total. The third-order valence-electron chi connectivity index (χ3n) is 4.47. The first-order valence-corrected chi connectivity index (χ1v) is 12.1. The van der Waals surface area contributed by atoms with Crippen LogP contribution in [-0.4, -0.2) is 47.6 Å². The number of hydrogen-bond acceptors (Lipinski definition) is 7. The van der Waals surface area contributed by atoms with Crippen molar-refractivity contribution in [2.75, 3.05) is 25.1 Å². The van der Waals surface area contributed by atoms with Crippen LogP contribution in [0.4, 0.5) is 10.5 Å². The fourth-order valence-electron chi connectivity index (χ4n) is 3.08. The van der Waals surface area contributed by atoms with Gasteiger partial charge in [0.15, 0.2) is 18.1 Å². The first-order valence-electron chi connectivity index (χ1n) is 10.2. The van der Waals surface area contributed by atoms with Crippen LogP contribution in [-0.2, 0) is 14.4 Å². The van der Waals surface area contributed by atoms with E-state index in [4.69, 9.17) is 15.2 Å². The van der Waals surface area contributed by atoms with Gasteiger partial charge in [-0.1, -0.05) is 12.1 Å². The van der Waals surface area contributed by atoms with Crippen LogP contribution in [0.3, 0.4) is 0 Å². The Balaban J connectivity index is 1.77. The number of carbonyl (C=O) groups excluding carboxylic acids is 4. The van der Waals surface area contributed by atoms with Crippen molar-refractivity contribution in [1.82, 2.24) is 4.90 Å². The number of thioether (sulfide) groups is 1. The van der Waals surface area contributed by atoms with E-state index in [0.29, 0.717) is 32.9 Å². The zero-order valence-corrected chi connectivity index (χ0v) is 21.4. The van der Waals surface area contributed by atoms with Crippen molar-refractivity contribution in [3.8, 4) is 11.5 Å². The molecule has 0 atom stereocenters. The van der Waals surface area contributed by atoms with Gasteiger partial charge in [-0.15, -0.1) is 0 Å². The Hall–Kier alpha value is -3.06. The number of halogens is 1. The Bertz CT molecular complexity index is 1180. The van der Waals surface area contributed by atoms with Gasteiger partial charge in [0.2, 0.25) is 5.91 Å². The predicted octanol–water partition coefficient (Wildman–Crippen LogP) is 3.54. The Morgan fingerprint density at radius 2 is 1.97 bits per heavy atom. The molecule has 178 valence electrons. The van der Waals surface area contributed by atoms with E-state index in [2.05, 4.69) is 5.32 Å². The molecule has 0 unspecified atom stereocenters. The van der Waals surface area contributed by atoms with Crippen LogP contribution in [0.1, 0.15) is 18.1 Å². The summed E-state index contributed by atoms with van der Waals surface area (Å²) in [7, 11) is 0. The van der Waals surface area contributed by atoms with Crippen molar-refractivity contribution >= 4 is 69.1 Å². The van der Waals surface area contributed by atoms with E-state index in [1.807, 2.05) is 54.6 Å². The Morgan fingerprint density at radius 1 is 1.21 bits per heavy atom. The van der Waals surface area contributed by atoms with Crippen LogP contribution >= 0.6 is 34.4 Å². The molecule has 0 bridgehead atoms. The topological polar surface area (TPSA) is 128 Å². The van der Waals surface area contributed by atoms with Crippen LogP contribution < -0.4 is 20.5 Å². The van der Waals surface area contributed by atoms with Crippen molar-refractivity contribution in [3.05, 3.63) is 56.0 Å². The van der Waals surface area contributed by atoms with Crippen molar-refractivity contribution in [2.24, 2.45) is 5.73 Å². The van der Waals surface area contributed by atoms with Crippen molar-refractivity contribution in [3.63, 3.8) is 0 Å². The highest BCUT2D eigenvalue weighted by molar-refractivity contribution is 14.1. The third kappa shape index (κ3) is 6.50. The first kappa shape index (κ1) is 25.6. The second kappa shape index (κ2) is 11.4. The largest absolute Gasteiger partial charge is 0.490 e. The predicted molar refractivity (Wildman–Crippen MR) is 138 cm³/mol. The molecule has 34 heavy (non-hydrogen) atoms. The lowest BCUT2D eigenvalue weighted by molar-refractivity contribution is -0.127. The monoisotopic (exact) mass is 595 g/mol. The minimum absolute atomic E-state index is 0.163.